The van der Waals surface area contributed by atoms with Gasteiger partial charge in [0.25, 0.3) is 5.91 Å². The summed E-state index contributed by atoms with van der Waals surface area (Å²) in [6, 6.07) is 5.79. The fraction of sp³-hybridized carbons (Fsp3) is 0.364. The molecule has 0 atom stereocenters. The van der Waals surface area contributed by atoms with Crippen LogP contribution in [0.25, 0.3) is 0 Å². The van der Waals surface area contributed by atoms with E-state index in [1.54, 1.807) is 26.8 Å². The number of hydrogen-bond acceptors (Lipinski definition) is 2. The molecule has 1 aromatic carbocycles. The van der Waals surface area contributed by atoms with Crippen molar-refractivity contribution < 1.29 is 9.18 Å². The highest BCUT2D eigenvalue weighted by Crippen LogP contribution is 2.17. The number of hydrazine groups is 1. The molecule has 1 rings (SSSR count). The van der Waals surface area contributed by atoms with Gasteiger partial charge in [-0.3, -0.25) is 9.80 Å². The van der Waals surface area contributed by atoms with Crippen LogP contribution in [0.1, 0.15) is 31.1 Å². The van der Waals surface area contributed by atoms with Crippen molar-refractivity contribution in [1.29, 1.82) is 0 Å². The van der Waals surface area contributed by atoms with Gasteiger partial charge in [-0.1, -0.05) is 12.1 Å². The van der Waals surface area contributed by atoms with Crippen LogP contribution in [0.5, 0.6) is 0 Å². The van der Waals surface area contributed by atoms with Gasteiger partial charge in [0.2, 0.25) is 0 Å². The van der Waals surface area contributed by atoms with Gasteiger partial charge >= 0.3 is 0 Å². The van der Waals surface area contributed by atoms with Gasteiger partial charge in [-0.05, 0) is 44.7 Å². The number of nitrogens with zero attached hydrogens (tertiary/aromatic N) is 1. The molecule has 16 heavy (non-hydrogen) atoms. The van der Waals surface area contributed by atoms with E-state index in [2.05, 4.69) is 4.94 Å². The first kappa shape index (κ1) is 12.9. The highest BCUT2D eigenvalue weighted by molar-refractivity contribution is 6.14. The van der Waals surface area contributed by atoms with Crippen molar-refractivity contribution in [1.82, 2.24) is 9.95 Å². The van der Waals surface area contributed by atoms with Gasteiger partial charge in [-0.15, -0.1) is 4.94 Å². The number of rotatable bonds is 2. The van der Waals surface area contributed by atoms with Gasteiger partial charge in [0.1, 0.15) is 5.82 Å². The molecule has 0 fully saturated rings. The minimum Gasteiger partial charge on any atom is -0.267 e. The predicted molar refractivity (Wildman–Crippen MR) is 61.3 cm³/mol. The van der Waals surface area contributed by atoms with Crippen LogP contribution in [-0.4, -0.2) is 16.5 Å². The smallest absolute Gasteiger partial charge is 0.267 e. The standard InChI is InChI=1S/C11H14ClFN2O/c1-11(2,3)15(14-12)10(16)8-6-4-5-7-9(8)13/h4-7,14H,1-3H3. The molecule has 0 radical (unpaired) electrons. The fourth-order valence-corrected chi connectivity index (χ4v) is 1.56. The average Bonchev–Trinajstić information content (AvgIpc) is 2.17. The highest BCUT2D eigenvalue weighted by atomic mass is 35.5. The lowest BCUT2D eigenvalue weighted by atomic mass is 10.1. The Morgan fingerprint density at radius 3 is 2.38 bits per heavy atom. The number of amides is 1. The first-order valence-electron chi connectivity index (χ1n) is 4.83. The molecule has 1 amide bonds. The van der Waals surface area contributed by atoms with Crippen LogP contribution in [0, 0.1) is 5.82 Å². The topological polar surface area (TPSA) is 32.3 Å². The maximum Gasteiger partial charge on any atom is 0.272 e. The van der Waals surface area contributed by atoms with Crippen LogP contribution >= 0.6 is 11.8 Å². The first-order chi connectivity index (χ1) is 7.38. The van der Waals surface area contributed by atoms with Crippen molar-refractivity contribution in [3.8, 4) is 0 Å². The summed E-state index contributed by atoms with van der Waals surface area (Å²) in [4.78, 5) is 14.2. The molecule has 0 unspecified atom stereocenters. The number of carbonyl (C=O) groups excluding carboxylic acids is 1. The molecule has 1 aromatic rings. The van der Waals surface area contributed by atoms with Gasteiger partial charge in [0, 0.05) is 0 Å². The number of halogens is 2. The molecule has 5 heteroatoms. The summed E-state index contributed by atoms with van der Waals surface area (Å²) in [6.07, 6.45) is 0. The molecular formula is C11H14ClFN2O. The predicted octanol–water partition coefficient (Wildman–Crippen LogP) is 2.72. The summed E-state index contributed by atoms with van der Waals surface area (Å²) >= 11 is 5.48. The second kappa shape index (κ2) is 4.80. The van der Waals surface area contributed by atoms with Crippen LogP contribution < -0.4 is 4.94 Å². The minimum atomic E-state index is -0.561. The maximum atomic E-state index is 13.4. The van der Waals surface area contributed by atoms with Gasteiger partial charge < -0.3 is 0 Å². The van der Waals surface area contributed by atoms with Crippen molar-refractivity contribution in [2.45, 2.75) is 26.3 Å². The van der Waals surface area contributed by atoms with E-state index in [1.165, 1.54) is 23.2 Å². The SMILES string of the molecule is CC(C)(C)N(NCl)C(=O)c1ccccc1F. The van der Waals surface area contributed by atoms with Crippen LogP contribution in [-0.2, 0) is 0 Å². The highest BCUT2D eigenvalue weighted by Gasteiger charge is 2.28. The summed E-state index contributed by atoms with van der Waals surface area (Å²) in [5.74, 6) is -1.06. The third-order valence-corrected chi connectivity index (χ3v) is 2.23. The lowest BCUT2D eigenvalue weighted by molar-refractivity contribution is 0.0511. The van der Waals surface area contributed by atoms with Crippen molar-refractivity contribution in [2.24, 2.45) is 0 Å². The van der Waals surface area contributed by atoms with E-state index in [9.17, 15) is 9.18 Å². The summed E-state index contributed by atoms with van der Waals surface area (Å²) in [7, 11) is 0. The zero-order chi connectivity index (χ0) is 12.3. The van der Waals surface area contributed by atoms with Gasteiger partial charge in [-0.2, -0.15) is 0 Å². The van der Waals surface area contributed by atoms with Crippen molar-refractivity contribution in [3.05, 3.63) is 35.6 Å². The summed E-state index contributed by atoms with van der Waals surface area (Å²) < 4.78 is 13.4. The van der Waals surface area contributed by atoms with Crippen LogP contribution in [0.2, 0.25) is 0 Å². The largest absolute Gasteiger partial charge is 0.272 e. The van der Waals surface area contributed by atoms with E-state index in [1.807, 2.05) is 0 Å². The molecular weight excluding hydrogens is 231 g/mol. The van der Waals surface area contributed by atoms with Crippen molar-refractivity contribution in [3.63, 3.8) is 0 Å². The van der Waals surface area contributed by atoms with E-state index in [0.717, 1.165) is 0 Å². The molecule has 0 aliphatic rings. The Balaban J connectivity index is 3.06. The molecule has 0 heterocycles. The monoisotopic (exact) mass is 244 g/mol. The normalized spacial score (nSPS) is 11.3. The fourth-order valence-electron chi connectivity index (χ4n) is 1.22. The Morgan fingerprint density at radius 2 is 1.94 bits per heavy atom. The molecule has 88 valence electrons. The average molecular weight is 245 g/mol. The molecule has 0 aliphatic carbocycles. The molecule has 0 aromatic heterocycles. The molecule has 0 aliphatic heterocycles. The molecule has 3 nitrogen and oxygen atoms in total. The third kappa shape index (κ3) is 2.71. The number of carbonyl (C=O) groups is 1. The number of hydrogen-bond donors (Lipinski definition) is 1. The van der Waals surface area contributed by atoms with Crippen LogP contribution in [0.3, 0.4) is 0 Å². The molecule has 0 bridgehead atoms. The number of benzene rings is 1. The zero-order valence-electron chi connectivity index (χ0n) is 9.42. The van der Waals surface area contributed by atoms with E-state index >= 15 is 0 Å². The van der Waals surface area contributed by atoms with Crippen molar-refractivity contribution in [2.75, 3.05) is 0 Å². The van der Waals surface area contributed by atoms with Gasteiger partial charge in [-0.25, -0.2) is 4.39 Å². The third-order valence-electron chi connectivity index (χ3n) is 2.06. The Morgan fingerprint density at radius 1 is 1.38 bits per heavy atom. The summed E-state index contributed by atoms with van der Waals surface area (Å²) in [5, 5.41) is 1.17. The van der Waals surface area contributed by atoms with E-state index in [-0.39, 0.29) is 5.56 Å². The lowest BCUT2D eigenvalue weighted by Crippen LogP contribution is -2.50. The zero-order valence-corrected chi connectivity index (χ0v) is 10.2. The minimum absolute atomic E-state index is 0.00873. The summed E-state index contributed by atoms with van der Waals surface area (Å²) in [6.45, 7) is 5.38. The molecule has 0 saturated carbocycles. The lowest BCUT2D eigenvalue weighted by Gasteiger charge is -2.33. The Bertz CT molecular complexity index is 390. The summed E-state index contributed by atoms with van der Waals surface area (Å²) in [5.41, 5.74) is -0.549. The molecule has 0 spiro atoms. The second-order valence-corrected chi connectivity index (χ2v) is 4.54. The van der Waals surface area contributed by atoms with Gasteiger partial charge in [0.05, 0.1) is 11.1 Å². The Hall–Kier alpha value is -1.13. The Labute approximate surface area is 99.3 Å². The van der Waals surface area contributed by atoms with Gasteiger partial charge in [0.15, 0.2) is 0 Å². The first-order valence-corrected chi connectivity index (χ1v) is 5.21. The molecule has 1 N–H and O–H groups in total. The van der Waals surface area contributed by atoms with E-state index < -0.39 is 17.3 Å². The van der Waals surface area contributed by atoms with E-state index in [4.69, 9.17) is 11.8 Å². The van der Waals surface area contributed by atoms with Crippen LogP contribution in [0.4, 0.5) is 4.39 Å². The van der Waals surface area contributed by atoms with Crippen molar-refractivity contribution >= 4 is 17.7 Å². The Kier molecular flexibility index (Phi) is 3.88. The number of nitrogens with one attached hydrogen (secondary N) is 1. The quantitative estimate of drug-likeness (QED) is 0.641. The molecule has 0 saturated heterocycles. The second-order valence-electron chi connectivity index (χ2n) is 4.38. The van der Waals surface area contributed by atoms with E-state index in [0.29, 0.717) is 0 Å². The van der Waals surface area contributed by atoms with Crippen LogP contribution in [0.15, 0.2) is 24.3 Å². The maximum absolute atomic E-state index is 13.4.